The van der Waals surface area contributed by atoms with Crippen molar-refractivity contribution in [2.24, 2.45) is 0 Å². The molecule has 136 valence electrons. The van der Waals surface area contributed by atoms with E-state index in [1.54, 1.807) is 6.07 Å². The van der Waals surface area contributed by atoms with Gasteiger partial charge in [-0.1, -0.05) is 48.5 Å². The van der Waals surface area contributed by atoms with Crippen molar-refractivity contribution in [3.05, 3.63) is 84.9 Å². The lowest BCUT2D eigenvalue weighted by atomic mass is 10.1. The number of esters is 1. The van der Waals surface area contributed by atoms with Gasteiger partial charge in [0.05, 0.1) is 0 Å². The first-order chi connectivity index (χ1) is 13.8. The molecule has 0 aliphatic heterocycles. The Morgan fingerprint density at radius 1 is 0.714 bits per heavy atom. The minimum atomic E-state index is -0.458. The van der Waals surface area contributed by atoms with Crippen molar-refractivity contribution < 1.29 is 18.7 Å². The molecule has 0 radical (unpaired) electrons. The Bertz CT molecular complexity index is 1320. The van der Waals surface area contributed by atoms with E-state index in [0.29, 0.717) is 11.5 Å². The summed E-state index contributed by atoms with van der Waals surface area (Å²) in [7, 11) is 0. The molecule has 4 aromatic carbocycles. The van der Waals surface area contributed by atoms with Crippen molar-refractivity contribution in [2.75, 3.05) is 6.61 Å². The molecule has 0 N–H and O–H groups in total. The third-order valence-electron chi connectivity index (χ3n) is 4.66. The predicted molar refractivity (Wildman–Crippen MR) is 109 cm³/mol. The van der Waals surface area contributed by atoms with E-state index in [4.69, 9.17) is 13.9 Å². The topological polar surface area (TPSA) is 48.7 Å². The average molecular weight is 368 g/mol. The molecular formula is C24H16O4. The summed E-state index contributed by atoms with van der Waals surface area (Å²) in [6, 6.07) is 26.8. The van der Waals surface area contributed by atoms with Gasteiger partial charge in [-0.2, -0.15) is 0 Å². The van der Waals surface area contributed by atoms with Crippen LogP contribution in [0.1, 0.15) is 0 Å². The highest BCUT2D eigenvalue weighted by atomic mass is 16.6. The first-order valence-corrected chi connectivity index (χ1v) is 9.00. The zero-order valence-corrected chi connectivity index (χ0v) is 14.9. The van der Waals surface area contributed by atoms with Crippen LogP contribution in [0, 0.1) is 0 Å². The maximum Gasteiger partial charge on any atom is 0.349 e. The van der Waals surface area contributed by atoms with Crippen LogP contribution in [0.25, 0.3) is 32.7 Å². The van der Waals surface area contributed by atoms with Crippen LogP contribution in [0.3, 0.4) is 0 Å². The molecule has 0 amide bonds. The van der Waals surface area contributed by atoms with Crippen molar-refractivity contribution in [3.8, 4) is 11.5 Å². The number of para-hydroxylation sites is 1. The molecule has 5 rings (SSSR count). The number of hydrogen-bond donors (Lipinski definition) is 0. The first kappa shape index (κ1) is 16.4. The minimum absolute atomic E-state index is 0.164. The zero-order chi connectivity index (χ0) is 18.9. The van der Waals surface area contributed by atoms with E-state index in [-0.39, 0.29) is 6.61 Å². The van der Waals surface area contributed by atoms with Gasteiger partial charge < -0.3 is 13.9 Å². The summed E-state index contributed by atoms with van der Waals surface area (Å²) in [5.41, 5.74) is 1.56. The van der Waals surface area contributed by atoms with Crippen LogP contribution in [-0.4, -0.2) is 12.6 Å². The van der Waals surface area contributed by atoms with Gasteiger partial charge >= 0.3 is 5.97 Å². The molecule has 1 aromatic heterocycles. The van der Waals surface area contributed by atoms with Gasteiger partial charge in [-0.15, -0.1) is 0 Å². The number of benzene rings is 4. The Morgan fingerprint density at radius 3 is 2.39 bits per heavy atom. The maximum absolute atomic E-state index is 12.2. The Hall–Kier alpha value is -3.79. The minimum Gasteiger partial charge on any atom is -0.482 e. The molecule has 0 unspecified atom stereocenters. The Morgan fingerprint density at radius 2 is 1.46 bits per heavy atom. The molecule has 28 heavy (non-hydrogen) atoms. The lowest BCUT2D eigenvalue weighted by Crippen LogP contribution is -2.17. The molecule has 0 saturated carbocycles. The summed E-state index contributed by atoms with van der Waals surface area (Å²) in [4.78, 5) is 12.2. The van der Waals surface area contributed by atoms with Gasteiger partial charge in [0.2, 0.25) is 0 Å². The van der Waals surface area contributed by atoms with Gasteiger partial charge in [0, 0.05) is 10.8 Å². The molecule has 5 aromatic rings. The molecule has 0 atom stereocenters. The molecule has 0 fully saturated rings. The molecule has 4 heteroatoms. The highest BCUT2D eigenvalue weighted by Gasteiger charge is 2.11. The normalized spacial score (nSPS) is 11.1. The number of fused-ring (bicyclic) bond motifs is 4. The summed E-state index contributed by atoms with van der Waals surface area (Å²) in [5, 5.41) is 4.09. The molecule has 0 aliphatic rings. The fraction of sp³-hybridized carbons (Fsp3) is 0.0417. The molecule has 1 heterocycles. The SMILES string of the molecule is O=C(COc1ccc2ccccc2c1)Oc1ccc2oc3ccccc3c2c1. The lowest BCUT2D eigenvalue weighted by molar-refractivity contribution is -0.136. The summed E-state index contributed by atoms with van der Waals surface area (Å²) < 4.78 is 16.8. The quantitative estimate of drug-likeness (QED) is 0.300. The van der Waals surface area contributed by atoms with Gasteiger partial charge in [0.1, 0.15) is 22.7 Å². The average Bonchev–Trinajstić information content (AvgIpc) is 3.10. The van der Waals surface area contributed by atoms with Gasteiger partial charge in [-0.3, -0.25) is 0 Å². The number of furan rings is 1. The summed E-state index contributed by atoms with van der Waals surface area (Å²) in [6.45, 7) is -0.164. The number of carbonyl (C=O) groups is 1. The van der Waals surface area contributed by atoms with Crippen LogP contribution < -0.4 is 9.47 Å². The molecule has 0 bridgehead atoms. The van der Waals surface area contributed by atoms with Crippen LogP contribution >= 0.6 is 0 Å². The highest BCUT2D eigenvalue weighted by molar-refractivity contribution is 6.05. The standard InChI is InChI=1S/C24H16O4/c25-24(15-26-18-10-9-16-5-1-2-6-17(16)13-18)27-19-11-12-23-21(14-19)20-7-3-4-8-22(20)28-23/h1-14H,15H2. The fourth-order valence-corrected chi connectivity index (χ4v) is 3.33. The van der Waals surface area contributed by atoms with E-state index in [1.165, 1.54) is 0 Å². The van der Waals surface area contributed by atoms with Crippen molar-refractivity contribution in [2.45, 2.75) is 0 Å². The third-order valence-corrected chi connectivity index (χ3v) is 4.66. The van der Waals surface area contributed by atoms with E-state index in [2.05, 4.69) is 0 Å². The lowest BCUT2D eigenvalue weighted by Gasteiger charge is -2.08. The van der Waals surface area contributed by atoms with Crippen LogP contribution in [-0.2, 0) is 4.79 Å². The first-order valence-electron chi connectivity index (χ1n) is 9.00. The predicted octanol–water partition coefficient (Wildman–Crippen LogP) is 5.72. The molecular weight excluding hydrogens is 352 g/mol. The van der Waals surface area contributed by atoms with Crippen molar-refractivity contribution >= 4 is 38.7 Å². The van der Waals surface area contributed by atoms with Gasteiger partial charge in [0.25, 0.3) is 0 Å². The molecule has 4 nitrogen and oxygen atoms in total. The number of carbonyl (C=O) groups excluding carboxylic acids is 1. The van der Waals surface area contributed by atoms with E-state index in [1.807, 2.05) is 78.9 Å². The van der Waals surface area contributed by atoms with E-state index in [9.17, 15) is 4.79 Å². The Balaban J connectivity index is 1.31. The monoisotopic (exact) mass is 368 g/mol. The number of ether oxygens (including phenoxy) is 2. The van der Waals surface area contributed by atoms with Gasteiger partial charge in [0.15, 0.2) is 6.61 Å². The van der Waals surface area contributed by atoms with Crippen LogP contribution in [0.2, 0.25) is 0 Å². The van der Waals surface area contributed by atoms with Crippen molar-refractivity contribution in [3.63, 3.8) is 0 Å². The summed E-state index contributed by atoms with van der Waals surface area (Å²) in [5.74, 6) is 0.637. The second-order valence-electron chi connectivity index (χ2n) is 6.53. The smallest absolute Gasteiger partial charge is 0.349 e. The summed E-state index contributed by atoms with van der Waals surface area (Å²) in [6.07, 6.45) is 0. The second-order valence-corrected chi connectivity index (χ2v) is 6.53. The molecule has 0 saturated heterocycles. The highest BCUT2D eigenvalue weighted by Crippen LogP contribution is 2.31. The van der Waals surface area contributed by atoms with E-state index in [0.717, 1.165) is 32.7 Å². The van der Waals surface area contributed by atoms with E-state index >= 15 is 0 Å². The molecule has 0 spiro atoms. The Labute approximate surface area is 160 Å². The van der Waals surface area contributed by atoms with Crippen molar-refractivity contribution in [1.29, 1.82) is 0 Å². The zero-order valence-electron chi connectivity index (χ0n) is 14.9. The van der Waals surface area contributed by atoms with Gasteiger partial charge in [-0.25, -0.2) is 4.79 Å². The number of rotatable bonds is 4. The van der Waals surface area contributed by atoms with E-state index < -0.39 is 5.97 Å². The van der Waals surface area contributed by atoms with Crippen molar-refractivity contribution in [1.82, 2.24) is 0 Å². The third kappa shape index (κ3) is 3.05. The van der Waals surface area contributed by atoms with Gasteiger partial charge in [-0.05, 0) is 47.2 Å². The Kier molecular flexibility index (Phi) is 3.95. The second kappa shape index (κ2) is 6.74. The summed E-state index contributed by atoms with van der Waals surface area (Å²) >= 11 is 0. The fourth-order valence-electron chi connectivity index (χ4n) is 3.33. The van der Waals surface area contributed by atoms with Crippen LogP contribution in [0.4, 0.5) is 0 Å². The van der Waals surface area contributed by atoms with Crippen LogP contribution in [0.5, 0.6) is 11.5 Å². The molecule has 0 aliphatic carbocycles. The largest absolute Gasteiger partial charge is 0.482 e. The van der Waals surface area contributed by atoms with Crippen LogP contribution in [0.15, 0.2) is 89.3 Å². The number of hydrogen-bond acceptors (Lipinski definition) is 4. The maximum atomic E-state index is 12.2.